The van der Waals surface area contributed by atoms with Gasteiger partial charge in [0, 0.05) is 23.9 Å². The van der Waals surface area contributed by atoms with Gasteiger partial charge in [0.25, 0.3) is 0 Å². The predicted molar refractivity (Wildman–Crippen MR) is 66.4 cm³/mol. The van der Waals surface area contributed by atoms with Crippen molar-refractivity contribution < 1.29 is 4.79 Å². The average Bonchev–Trinajstić information content (AvgIpc) is 3.04. The van der Waals surface area contributed by atoms with Crippen LogP contribution in [0, 0.1) is 11.3 Å². The van der Waals surface area contributed by atoms with Gasteiger partial charge in [0.2, 0.25) is 0 Å². The topological polar surface area (TPSA) is 20.3 Å². The summed E-state index contributed by atoms with van der Waals surface area (Å²) < 4.78 is 0. The Kier molecular flexibility index (Phi) is 3.39. The molecule has 2 rings (SSSR count). The highest BCUT2D eigenvalue weighted by Crippen LogP contribution is 2.37. The van der Waals surface area contributed by atoms with E-state index in [2.05, 4.69) is 25.7 Å². The minimum atomic E-state index is -0.0636. The van der Waals surface area contributed by atoms with Crippen LogP contribution in [0.15, 0.2) is 0 Å². The van der Waals surface area contributed by atoms with Crippen molar-refractivity contribution >= 4 is 5.78 Å². The molecule has 0 aromatic heterocycles. The van der Waals surface area contributed by atoms with Crippen molar-refractivity contribution in [3.8, 4) is 0 Å². The number of carbonyl (C=O) groups excluding carboxylic acids is 1. The van der Waals surface area contributed by atoms with Crippen LogP contribution in [-0.2, 0) is 4.79 Å². The number of nitrogens with zero attached hydrogens (tertiary/aromatic N) is 1. The highest BCUT2D eigenvalue weighted by molar-refractivity contribution is 5.87. The lowest BCUT2D eigenvalue weighted by atomic mass is 9.71. The van der Waals surface area contributed by atoms with E-state index in [9.17, 15) is 4.79 Å². The third-order valence-corrected chi connectivity index (χ3v) is 4.32. The molecular formula is C14H25NO. The molecule has 0 radical (unpaired) electrons. The first kappa shape index (κ1) is 12.1. The standard InChI is InChI=1S/C14H25NO/c1-4-15(12-7-8-12)10-11-6-5-9-14(2,3)13(11)16/h11-12H,4-10H2,1-3H3. The van der Waals surface area contributed by atoms with Crippen LogP contribution < -0.4 is 0 Å². The summed E-state index contributed by atoms with van der Waals surface area (Å²) in [5.74, 6) is 0.821. The molecule has 2 heteroatoms. The number of Topliss-reactive ketones (excluding diaryl/α,β-unsaturated/α-hetero) is 1. The summed E-state index contributed by atoms with van der Waals surface area (Å²) in [6, 6.07) is 0.794. The van der Waals surface area contributed by atoms with Crippen LogP contribution >= 0.6 is 0 Å². The molecule has 0 bridgehead atoms. The van der Waals surface area contributed by atoms with E-state index in [4.69, 9.17) is 0 Å². The summed E-state index contributed by atoms with van der Waals surface area (Å²) in [6.07, 6.45) is 6.12. The molecule has 2 nitrogen and oxygen atoms in total. The van der Waals surface area contributed by atoms with E-state index in [1.807, 2.05) is 0 Å². The smallest absolute Gasteiger partial charge is 0.142 e. The maximum atomic E-state index is 12.3. The van der Waals surface area contributed by atoms with Gasteiger partial charge in [-0.25, -0.2) is 0 Å². The second kappa shape index (κ2) is 4.48. The third kappa shape index (κ3) is 2.48. The second-order valence-corrected chi connectivity index (χ2v) is 6.16. The van der Waals surface area contributed by atoms with Crippen LogP contribution in [0.5, 0.6) is 0 Å². The van der Waals surface area contributed by atoms with Crippen LogP contribution in [0.2, 0.25) is 0 Å². The monoisotopic (exact) mass is 223 g/mol. The largest absolute Gasteiger partial charge is 0.300 e. The molecule has 0 amide bonds. The Labute approximate surface area is 99.4 Å². The first-order valence-electron chi connectivity index (χ1n) is 6.83. The van der Waals surface area contributed by atoms with Crippen LogP contribution in [0.1, 0.15) is 52.9 Å². The van der Waals surface area contributed by atoms with Gasteiger partial charge >= 0.3 is 0 Å². The maximum Gasteiger partial charge on any atom is 0.142 e. The molecule has 0 saturated heterocycles. The molecule has 0 N–H and O–H groups in total. The molecule has 1 unspecified atom stereocenters. The highest BCUT2D eigenvalue weighted by Gasteiger charge is 2.39. The van der Waals surface area contributed by atoms with E-state index in [1.54, 1.807) is 0 Å². The van der Waals surface area contributed by atoms with Crippen molar-refractivity contribution in [3.63, 3.8) is 0 Å². The summed E-state index contributed by atoms with van der Waals surface area (Å²) in [4.78, 5) is 14.8. The Morgan fingerprint density at radius 3 is 2.56 bits per heavy atom. The molecule has 0 aliphatic heterocycles. The van der Waals surface area contributed by atoms with Crippen molar-refractivity contribution in [2.45, 2.75) is 58.9 Å². The zero-order valence-electron chi connectivity index (χ0n) is 11.0. The van der Waals surface area contributed by atoms with Crippen LogP contribution in [0.3, 0.4) is 0 Å². The van der Waals surface area contributed by atoms with Gasteiger partial charge in [-0.2, -0.15) is 0 Å². The van der Waals surface area contributed by atoms with Crippen molar-refractivity contribution in [2.75, 3.05) is 13.1 Å². The molecular weight excluding hydrogens is 198 g/mol. The molecule has 0 spiro atoms. The summed E-state index contributed by atoms with van der Waals surface area (Å²) >= 11 is 0. The molecule has 92 valence electrons. The van der Waals surface area contributed by atoms with E-state index < -0.39 is 0 Å². The average molecular weight is 223 g/mol. The van der Waals surface area contributed by atoms with E-state index in [-0.39, 0.29) is 5.41 Å². The first-order chi connectivity index (χ1) is 7.54. The van der Waals surface area contributed by atoms with Crippen molar-refractivity contribution in [3.05, 3.63) is 0 Å². The van der Waals surface area contributed by atoms with Crippen LogP contribution in [0.4, 0.5) is 0 Å². The highest BCUT2D eigenvalue weighted by atomic mass is 16.1. The fraction of sp³-hybridized carbons (Fsp3) is 0.929. The lowest BCUT2D eigenvalue weighted by Crippen LogP contribution is -2.42. The van der Waals surface area contributed by atoms with Gasteiger partial charge in [0.05, 0.1) is 0 Å². The molecule has 2 saturated carbocycles. The fourth-order valence-electron chi connectivity index (χ4n) is 3.03. The number of carbonyl (C=O) groups is 1. The van der Waals surface area contributed by atoms with Gasteiger partial charge < -0.3 is 0 Å². The Morgan fingerprint density at radius 1 is 1.31 bits per heavy atom. The van der Waals surface area contributed by atoms with Crippen molar-refractivity contribution in [1.82, 2.24) is 4.90 Å². The van der Waals surface area contributed by atoms with Gasteiger partial charge in [-0.1, -0.05) is 27.2 Å². The van der Waals surface area contributed by atoms with E-state index in [0.717, 1.165) is 32.0 Å². The molecule has 2 aliphatic carbocycles. The molecule has 16 heavy (non-hydrogen) atoms. The van der Waals surface area contributed by atoms with E-state index >= 15 is 0 Å². The maximum absolute atomic E-state index is 12.3. The van der Waals surface area contributed by atoms with Gasteiger partial charge in [-0.05, 0) is 32.2 Å². The molecule has 0 heterocycles. The minimum absolute atomic E-state index is 0.0636. The Hall–Kier alpha value is -0.370. The summed E-state index contributed by atoms with van der Waals surface area (Å²) in [5, 5.41) is 0. The lowest BCUT2D eigenvalue weighted by molar-refractivity contribution is -0.135. The first-order valence-corrected chi connectivity index (χ1v) is 6.83. The summed E-state index contributed by atoms with van der Waals surface area (Å²) in [5.41, 5.74) is -0.0636. The lowest BCUT2D eigenvalue weighted by Gasteiger charge is -2.36. The van der Waals surface area contributed by atoms with Gasteiger partial charge in [0.1, 0.15) is 5.78 Å². The van der Waals surface area contributed by atoms with Gasteiger partial charge in [-0.3, -0.25) is 9.69 Å². The number of hydrogen-bond acceptors (Lipinski definition) is 2. The number of rotatable bonds is 4. The molecule has 2 fully saturated rings. The van der Waals surface area contributed by atoms with E-state index in [1.165, 1.54) is 19.3 Å². The van der Waals surface area contributed by atoms with Gasteiger partial charge in [0.15, 0.2) is 0 Å². The van der Waals surface area contributed by atoms with Gasteiger partial charge in [-0.15, -0.1) is 0 Å². The minimum Gasteiger partial charge on any atom is -0.300 e. The van der Waals surface area contributed by atoms with Crippen molar-refractivity contribution in [2.24, 2.45) is 11.3 Å². The molecule has 0 aromatic carbocycles. The number of ketones is 1. The molecule has 1 atom stereocenters. The second-order valence-electron chi connectivity index (χ2n) is 6.16. The molecule has 2 aliphatic rings. The van der Waals surface area contributed by atoms with E-state index in [0.29, 0.717) is 11.7 Å². The number of hydrogen-bond donors (Lipinski definition) is 0. The summed E-state index contributed by atoms with van der Waals surface area (Å²) in [6.45, 7) is 8.58. The quantitative estimate of drug-likeness (QED) is 0.730. The predicted octanol–water partition coefficient (Wildman–Crippen LogP) is 2.87. The Balaban J connectivity index is 1.95. The summed E-state index contributed by atoms with van der Waals surface area (Å²) in [7, 11) is 0. The Morgan fingerprint density at radius 2 is 2.00 bits per heavy atom. The normalized spacial score (nSPS) is 29.8. The van der Waals surface area contributed by atoms with Crippen molar-refractivity contribution in [1.29, 1.82) is 0 Å². The zero-order valence-corrected chi connectivity index (χ0v) is 11.0. The third-order valence-electron chi connectivity index (χ3n) is 4.32. The fourth-order valence-corrected chi connectivity index (χ4v) is 3.03. The molecule has 0 aromatic rings. The SMILES string of the molecule is CCN(CC1CCCC(C)(C)C1=O)C1CC1. The van der Waals surface area contributed by atoms with Crippen LogP contribution in [-0.4, -0.2) is 29.8 Å². The van der Waals surface area contributed by atoms with Crippen LogP contribution in [0.25, 0.3) is 0 Å². The zero-order chi connectivity index (χ0) is 11.8. The Bertz CT molecular complexity index is 268.